The van der Waals surface area contributed by atoms with Crippen LogP contribution in [0.3, 0.4) is 0 Å². The molecule has 1 nitrogen and oxygen atoms in total. The van der Waals surface area contributed by atoms with E-state index in [2.05, 4.69) is 0 Å². The lowest BCUT2D eigenvalue weighted by atomic mass is 9.99. The molecule has 0 saturated heterocycles. The summed E-state index contributed by atoms with van der Waals surface area (Å²) in [5.74, 6) is -1.13. The number of carbonyl (C=O) groups excluding carboxylic acids is 1. The number of rotatable bonds is 3. The molecule has 0 aliphatic rings. The molecule has 3 heteroatoms. The molecule has 0 spiro atoms. The molecule has 0 radical (unpaired) electrons. The summed E-state index contributed by atoms with van der Waals surface area (Å²) in [7, 11) is 0. The van der Waals surface area contributed by atoms with E-state index in [4.69, 9.17) is 0 Å². The van der Waals surface area contributed by atoms with Crippen molar-refractivity contribution in [3.05, 3.63) is 47.5 Å². The maximum atomic E-state index is 13.5. The van der Waals surface area contributed by atoms with E-state index >= 15 is 0 Å². The van der Waals surface area contributed by atoms with E-state index in [1.54, 1.807) is 19.1 Å². The third-order valence-corrected chi connectivity index (χ3v) is 2.81. The lowest BCUT2D eigenvalue weighted by molar-refractivity contribution is -0.118. The highest BCUT2D eigenvalue weighted by atomic mass is 19.1. The van der Waals surface area contributed by atoms with Crippen molar-refractivity contribution >= 4 is 16.6 Å². The molecule has 2 aromatic rings. The fourth-order valence-electron chi connectivity index (χ4n) is 1.87. The molecule has 0 atom stereocenters. The summed E-state index contributed by atoms with van der Waals surface area (Å²) in [6, 6.07) is 7.14. The zero-order valence-corrected chi connectivity index (χ0v) is 9.47. The predicted octanol–water partition coefficient (Wildman–Crippen LogP) is 3.64. The van der Waals surface area contributed by atoms with Gasteiger partial charge in [0.2, 0.25) is 0 Å². The predicted molar refractivity (Wildman–Crippen MR) is 62.9 cm³/mol. The Morgan fingerprint density at radius 1 is 1.12 bits per heavy atom. The fraction of sp³-hybridized carbons (Fsp3) is 0.214. The summed E-state index contributed by atoms with van der Waals surface area (Å²) in [6.07, 6.45) is 0.644. The van der Waals surface area contributed by atoms with Gasteiger partial charge in [-0.15, -0.1) is 0 Å². The van der Waals surface area contributed by atoms with Crippen LogP contribution in [0.4, 0.5) is 8.78 Å². The van der Waals surface area contributed by atoms with Crippen LogP contribution in [0.25, 0.3) is 10.8 Å². The van der Waals surface area contributed by atoms with E-state index in [-0.39, 0.29) is 17.6 Å². The maximum absolute atomic E-state index is 13.5. The zero-order chi connectivity index (χ0) is 12.4. The quantitative estimate of drug-likeness (QED) is 0.792. The van der Waals surface area contributed by atoms with Gasteiger partial charge in [0.1, 0.15) is 17.4 Å². The van der Waals surface area contributed by atoms with Crippen LogP contribution in [0.5, 0.6) is 0 Å². The Morgan fingerprint density at radius 2 is 1.82 bits per heavy atom. The highest BCUT2D eigenvalue weighted by Gasteiger charge is 2.11. The molecule has 0 bridgehead atoms. The summed E-state index contributed by atoms with van der Waals surface area (Å²) in [5, 5.41) is 0.445. The molecule has 0 amide bonds. The molecular formula is C14H12F2O. The van der Waals surface area contributed by atoms with Gasteiger partial charge in [-0.1, -0.05) is 25.1 Å². The summed E-state index contributed by atoms with van der Waals surface area (Å²) in [6.45, 7) is 1.77. The van der Waals surface area contributed by atoms with Crippen LogP contribution in [-0.2, 0) is 11.2 Å². The minimum absolute atomic E-state index is 0.0334. The first kappa shape index (κ1) is 11.7. The van der Waals surface area contributed by atoms with Gasteiger partial charge in [0, 0.05) is 12.8 Å². The SMILES string of the molecule is CCC(=O)Cc1ccc(F)c2c(F)cccc12. The van der Waals surface area contributed by atoms with Gasteiger partial charge < -0.3 is 0 Å². The van der Waals surface area contributed by atoms with E-state index < -0.39 is 11.6 Å². The zero-order valence-electron chi connectivity index (χ0n) is 9.47. The lowest BCUT2D eigenvalue weighted by Crippen LogP contribution is -2.02. The maximum Gasteiger partial charge on any atom is 0.137 e. The van der Waals surface area contributed by atoms with Gasteiger partial charge in [0.15, 0.2) is 0 Å². The molecule has 0 heterocycles. The van der Waals surface area contributed by atoms with Crippen molar-refractivity contribution in [1.29, 1.82) is 0 Å². The van der Waals surface area contributed by atoms with E-state index in [1.807, 2.05) is 0 Å². The Labute approximate surface area is 98.1 Å². The van der Waals surface area contributed by atoms with Crippen molar-refractivity contribution in [3.8, 4) is 0 Å². The number of halogens is 2. The molecule has 2 rings (SSSR count). The summed E-state index contributed by atoms with van der Waals surface area (Å²) in [4.78, 5) is 11.4. The molecule has 0 aromatic heterocycles. The highest BCUT2D eigenvalue weighted by molar-refractivity contribution is 5.91. The third-order valence-electron chi connectivity index (χ3n) is 2.81. The van der Waals surface area contributed by atoms with Gasteiger partial charge in [0.05, 0.1) is 5.39 Å². The van der Waals surface area contributed by atoms with Crippen molar-refractivity contribution in [2.45, 2.75) is 19.8 Å². The Hall–Kier alpha value is -1.77. The van der Waals surface area contributed by atoms with Crippen LogP contribution in [0, 0.1) is 11.6 Å². The van der Waals surface area contributed by atoms with Gasteiger partial charge in [-0.05, 0) is 23.1 Å². The average Bonchev–Trinajstić information content (AvgIpc) is 2.32. The molecule has 17 heavy (non-hydrogen) atoms. The van der Waals surface area contributed by atoms with Gasteiger partial charge in [-0.3, -0.25) is 4.79 Å². The van der Waals surface area contributed by atoms with E-state index in [0.717, 1.165) is 0 Å². The number of carbonyl (C=O) groups is 1. The van der Waals surface area contributed by atoms with Gasteiger partial charge >= 0.3 is 0 Å². The minimum Gasteiger partial charge on any atom is -0.299 e. The first-order valence-corrected chi connectivity index (χ1v) is 5.50. The van der Waals surface area contributed by atoms with Crippen molar-refractivity contribution in [3.63, 3.8) is 0 Å². The van der Waals surface area contributed by atoms with Crippen molar-refractivity contribution in [2.24, 2.45) is 0 Å². The fourth-order valence-corrected chi connectivity index (χ4v) is 1.87. The summed E-state index contributed by atoms with van der Waals surface area (Å²) < 4.78 is 27.0. The van der Waals surface area contributed by atoms with Crippen LogP contribution < -0.4 is 0 Å². The second-order valence-corrected chi connectivity index (χ2v) is 3.94. The monoisotopic (exact) mass is 234 g/mol. The molecule has 0 aliphatic carbocycles. The van der Waals surface area contributed by atoms with E-state index in [0.29, 0.717) is 17.4 Å². The van der Waals surface area contributed by atoms with Crippen LogP contribution in [0.15, 0.2) is 30.3 Å². The van der Waals surface area contributed by atoms with E-state index in [1.165, 1.54) is 18.2 Å². The second-order valence-electron chi connectivity index (χ2n) is 3.94. The van der Waals surface area contributed by atoms with Gasteiger partial charge in [-0.25, -0.2) is 8.78 Å². The van der Waals surface area contributed by atoms with Gasteiger partial charge in [0.25, 0.3) is 0 Å². The highest BCUT2D eigenvalue weighted by Crippen LogP contribution is 2.25. The molecule has 0 saturated carbocycles. The topological polar surface area (TPSA) is 17.1 Å². The summed E-state index contributed by atoms with van der Waals surface area (Å²) in [5.41, 5.74) is 0.674. The standard InChI is InChI=1S/C14H12F2O/c1-2-10(17)8-9-6-7-13(16)14-11(9)4-3-5-12(14)15/h3-7H,2,8H2,1H3. The van der Waals surface area contributed by atoms with Crippen molar-refractivity contribution in [1.82, 2.24) is 0 Å². The smallest absolute Gasteiger partial charge is 0.137 e. The number of hydrogen-bond donors (Lipinski definition) is 0. The Bertz CT molecular complexity index is 567. The number of Topliss-reactive ketones (excluding diaryl/α,β-unsaturated/α-hetero) is 1. The van der Waals surface area contributed by atoms with Crippen LogP contribution >= 0.6 is 0 Å². The molecular weight excluding hydrogens is 222 g/mol. The Balaban J connectivity index is 2.62. The second kappa shape index (κ2) is 4.62. The molecule has 0 fully saturated rings. The molecule has 2 aromatic carbocycles. The largest absolute Gasteiger partial charge is 0.299 e. The average molecular weight is 234 g/mol. The molecule has 0 N–H and O–H groups in total. The number of benzene rings is 2. The number of fused-ring (bicyclic) bond motifs is 1. The number of ketones is 1. The van der Waals surface area contributed by atoms with Crippen molar-refractivity contribution < 1.29 is 13.6 Å². The Kier molecular flexibility index (Phi) is 3.18. The summed E-state index contributed by atoms with van der Waals surface area (Å²) >= 11 is 0. The van der Waals surface area contributed by atoms with E-state index in [9.17, 15) is 13.6 Å². The van der Waals surface area contributed by atoms with Gasteiger partial charge in [-0.2, -0.15) is 0 Å². The Morgan fingerprint density at radius 3 is 2.53 bits per heavy atom. The number of hydrogen-bond acceptors (Lipinski definition) is 1. The van der Waals surface area contributed by atoms with Crippen molar-refractivity contribution in [2.75, 3.05) is 0 Å². The van der Waals surface area contributed by atoms with Crippen LogP contribution in [0.1, 0.15) is 18.9 Å². The molecule has 0 unspecified atom stereocenters. The first-order chi connectivity index (χ1) is 8.13. The molecule has 88 valence electrons. The lowest BCUT2D eigenvalue weighted by Gasteiger charge is -2.07. The normalized spacial score (nSPS) is 10.8. The third kappa shape index (κ3) is 2.18. The first-order valence-electron chi connectivity index (χ1n) is 5.50. The molecule has 0 aliphatic heterocycles. The van der Waals surface area contributed by atoms with Crippen LogP contribution in [0.2, 0.25) is 0 Å². The van der Waals surface area contributed by atoms with Crippen LogP contribution in [-0.4, -0.2) is 5.78 Å². The minimum atomic E-state index is -0.592.